The average Bonchev–Trinajstić information content (AvgIpc) is 2.03. The first-order valence-electron chi connectivity index (χ1n) is 3.74. The fourth-order valence-electron chi connectivity index (χ4n) is 0.861. The summed E-state index contributed by atoms with van der Waals surface area (Å²) in [7, 11) is 0. The van der Waals surface area contributed by atoms with Crippen molar-refractivity contribution in [3.8, 4) is 0 Å². The van der Waals surface area contributed by atoms with Crippen LogP contribution in [0.5, 0.6) is 0 Å². The molecule has 1 atom stereocenters. The number of aromatic nitrogens is 2. The maximum absolute atomic E-state index is 10.6. The molecule has 70 valence electrons. The van der Waals surface area contributed by atoms with Gasteiger partial charge in [0.15, 0.2) is 0 Å². The second-order valence-corrected chi connectivity index (χ2v) is 2.91. The highest BCUT2D eigenvalue weighted by atomic mass is 35.5. The lowest BCUT2D eigenvalue weighted by molar-refractivity contribution is -0.146. The Morgan fingerprint density at radius 1 is 1.62 bits per heavy atom. The van der Waals surface area contributed by atoms with Crippen molar-refractivity contribution in [2.24, 2.45) is 0 Å². The minimum absolute atomic E-state index is 0.288. The van der Waals surface area contributed by atoms with Crippen LogP contribution in [0.15, 0.2) is 12.4 Å². The first-order chi connectivity index (χ1) is 6.09. The molecule has 0 bridgehead atoms. The summed E-state index contributed by atoms with van der Waals surface area (Å²) in [5.74, 6) is -0.353. The van der Waals surface area contributed by atoms with E-state index >= 15 is 0 Å². The normalized spacial score (nSPS) is 12.2. The molecule has 1 unspecified atom stereocenters. The minimum atomic E-state index is -0.413. The Labute approximate surface area is 80.9 Å². The number of hydrogen-bond acceptors (Lipinski definition) is 4. The zero-order valence-corrected chi connectivity index (χ0v) is 8.08. The number of halogens is 1. The maximum atomic E-state index is 10.6. The predicted octanol–water partition coefficient (Wildman–Crippen LogP) is 1.75. The summed E-state index contributed by atoms with van der Waals surface area (Å²) >= 11 is 5.61. The summed E-state index contributed by atoms with van der Waals surface area (Å²) in [5.41, 5.74) is 0.544. The molecule has 1 rings (SSSR count). The molecule has 0 saturated heterocycles. The van der Waals surface area contributed by atoms with E-state index in [1.807, 2.05) is 0 Å². The number of rotatable bonds is 2. The van der Waals surface area contributed by atoms with Gasteiger partial charge in [-0.1, -0.05) is 11.6 Å². The smallest absolute Gasteiger partial charge is 0.303 e. The van der Waals surface area contributed by atoms with E-state index in [-0.39, 0.29) is 11.1 Å². The van der Waals surface area contributed by atoms with Crippen molar-refractivity contribution in [2.75, 3.05) is 0 Å². The van der Waals surface area contributed by atoms with Gasteiger partial charge in [0.2, 0.25) is 0 Å². The summed E-state index contributed by atoms with van der Waals surface area (Å²) < 4.78 is 4.89. The first kappa shape index (κ1) is 9.92. The highest BCUT2D eigenvalue weighted by Gasteiger charge is 2.10. The van der Waals surface area contributed by atoms with Gasteiger partial charge in [-0.3, -0.25) is 9.78 Å². The van der Waals surface area contributed by atoms with Gasteiger partial charge >= 0.3 is 5.97 Å². The molecule has 0 fully saturated rings. The molecule has 0 aliphatic heterocycles. The lowest BCUT2D eigenvalue weighted by Crippen LogP contribution is -2.06. The van der Waals surface area contributed by atoms with Crippen molar-refractivity contribution in [3.05, 3.63) is 23.2 Å². The van der Waals surface area contributed by atoms with E-state index in [0.717, 1.165) is 0 Å². The van der Waals surface area contributed by atoms with Gasteiger partial charge in [0.05, 0.1) is 12.4 Å². The molecule has 1 heterocycles. The van der Waals surface area contributed by atoms with Crippen LogP contribution in [0.4, 0.5) is 0 Å². The minimum Gasteiger partial charge on any atom is -0.456 e. The van der Waals surface area contributed by atoms with Gasteiger partial charge in [-0.2, -0.15) is 0 Å². The van der Waals surface area contributed by atoms with E-state index in [1.54, 1.807) is 6.92 Å². The average molecular weight is 201 g/mol. The molecule has 1 aromatic rings. The highest BCUT2D eigenvalue weighted by Crippen LogP contribution is 2.14. The van der Waals surface area contributed by atoms with E-state index in [0.29, 0.717) is 5.69 Å². The molecular formula is C8H9ClN2O2. The lowest BCUT2D eigenvalue weighted by Gasteiger charge is -2.10. The zero-order valence-electron chi connectivity index (χ0n) is 7.32. The Hall–Kier alpha value is -1.16. The van der Waals surface area contributed by atoms with Crippen molar-refractivity contribution in [1.29, 1.82) is 0 Å². The number of ether oxygens (including phenoxy) is 1. The van der Waals surface area contributed by atoms with Crippen LogP contribution in [0.1, 0.15) is 25.6 Å². The predicted molar refractivity (Wildman–Crippen MR) is 47.2 cm³/mol. The van der Waals surface area contributed by atoms with Gasteiger partial charge in [0, 0.05) is 6.92 Å². The first-order valence-corrected chi connectivity index (χ1v) is 4.12. The fourth-order valence-corrected chi connectivity index (χ4v) is 1.02. The monoisotopic (exact) mass is 200 g/mol. The van der Waals surface area contributed by atoms with Crippen molar-refractivity contribution in [3.63, 3.8) is 0 Å². The van der Waals surface area contributed by atoms with Gasteiger partial charge in [-0.15, -0.1) is 0 Å². The van der Waals surface area contributed by atoms with E-state index in [9.17, 15) is 4.79 Å². The Morgan fingerprint density at radius 2 is 2.31 bits per heavy atom. The zero-order chi connectivity index (χ0) is 9.84. The van der Waals surface area contributed by atoms with Crippen molar-refractivity contribution in [2.45, 2.75) is 20.0 Å². The number of carbonyl (C=O) groups is 1. The highest BCUT2D eigenvalue weighted by molar-refractivity contribution is 6.29. The van der Waals surface area contributed by atoms with Crippen molar-refractivity contribution < 1.29 is 9.53 Å². The van der Waals surface area contributed by atoms with Crippen LogP contribution in [0.3, 0.4) is 0 Å². The molecule has 0 saturated carbocycles. The quantitative estimate of drug-likeness (QED) is 0.683. The van der Waals surface area contributed by atoms with Crippen LogP contribution < -0.4 is 0 Å². The molecule has 0 aromatic carbocycles. The Balaban J connectivity index is 2.76. The second kappa shape index (κ2) is 4.18. The molecule has 0 amide bonds. The van der Waals surface area contributed by atoms with Crippen LogP contribution in [0.25, 0.3) is 0 Å². The topological polar surface area (TPSA) is 52.1 Å². The number of esters is 1. The van der Waals surface area contributed by atoms with Crippen LogP contribution in [0.2, 0.25) is 5.15 Å². The standard InChI is InChI=1S/C8H9ClN2O2/c1-5(13-6(2)12)7-3-10-4-8(9)11-7/h3-5H,1-2H3. The molecule has 1 aromatic heterocycles. The van der Waals surface area contributed by atoms with Gasteiger partial charge in [0.25, 0.3) is 0 Å². The third-order valence-corrected chi connectivity index (χ3v) is 1.57. The molecule has 0 spiro atoms. The third kappa shape index (κ3) is 2.99. The molecular weight excluding hydrogens is 192 g/mol. The molecule has 4 nitrogen and oxygen atoms in total. The number of hydrogen-bond donors (Lipinski definition) is 0. The van der Waals surface area contributed by atoms with E-state index in [2.05, 4.69) is 9.97 Å². The Kier molecular flexibility index (Phi) is 3.19. The SMILES string of the molecule is CC(=O)OC(C)c1cncc(Cl)n1. The summed E-state index contributed by atoms with van der Waals surface area (Å²) in [4.78, 5) is 18.4. The van der Waals surface area contributed by atoms with Gasteiger partial charge in [0.1, 0.15) is 17.0 Å². The summed E-state index contributed by atoms with van der Waals surface area (Å²) in [5, 5.41) is 0.288. The number of nitrogens with zero attached hydrogens (tertiary/aromatic N) is 2. The van der Waals surface area contributed by atoms with Crippen molar-refractivity contribution in [1.82, 2.24) is 9.97 Å². The molecule has 0 N–H and O–H groups in total. The molecule has 13 heavy (non-hydrogen) atoms. The van der Waals surface area contributed by atoms with Gasteiger partial charge in [-0.05, 0) is 6.92 Å². The fraction of sp³-hybridized carbons (Fsp3) is 0.375. The third-order valence-electron chi connectivity index (χ3n) is 1.38. The van der Waals surface area contributed by atoms with E-state index < -0.39 is 6.10 Å². The van der Waals surface area contributed by atoms with Crippen LogP contribution in [0, 0.1) is 0 Å². The van der Waals surface area contributed by atoms with E-state index in [4.69, 9.17) is 16.3 Å². The Bertz CT molecular complexity index is 317. The molecule has 5 heteroatoms. The summed E-state index contributed by atoms with van der Waals surface area (Å²) in [6.07, 6.45) is 2.52. The Morgan fingerprint density at radius 3 is 2.85 bits per heavy atom. The van der Waals surface area contributed by atoms with Gasteiger partial charge in [-0.25, -0.2) is 4.98 Å². The van der Waals surface area contributed by atoms with Crippen LogP contribution in [-0.2, 0) is 9.53 Å². The largest absolute Gasteiger partial charge is 0.456 e. The van der Waals surface area contributed by atoms with Crippen LogP contribution >= 0.6 is 11.6 Å². The van der Waals surface area contributed by atoms with Gasteiger partial charge < -0.3 is 4.74 Å². The summed E-state index contributed by atoms with van der Waals surface area (Å²) in [6, 6.07) is 0. The summed E-state index contributed by atoms with van der Waals surface area (Å²) in [6.45, 7) is 3.05. The maximum Gasteiger partial charge on any atom is 0.303 e. The molecule has 0 aliphatic carbocycles. The van der Waals surface area contributed by atoms with E-state index in [1.165, 1.54) is 19.3 Å². The van der Waals surface area contributed by atoms with Crippen LogP contribution in [-0.4, -0.2) is 15.9 Å². The molecule has 0 radical (unpaired) electrons. The molecule has 0 aliphatic rings. The lowest BCUT2D eigenvalue weighted by atomic mass is 10.3. The van der Waals surface area contributed by atoms with Crippen molar-refractivity contribution >= 4 is 17.6 Å². The number of carbonyl (C=O) groups excluding carboxylic acids is 1. The second-order valence-electron chi connectivity index (χ2n) is 2.52.